The molecule has 1 atom stereocenters. The lowest BCUT2D eigenvalue weighted by Crippen LogP contribution is -2.12. The molecule has 1 unspecified atom stereocenters. The van der Waals surface area contributed by atoms with E-state index in [0.29, 0.717) is 12.5 Å². The molecule has 1 N–H and O–H groups in total. The molecule has 4 heteroatoms. The summed E-state index contributed by atoms with van der Waals surface area (Å²) in [6.45, 7) is 4.10. The Morgan fingerprint density at radius 3 is 2.65 bits per heavy atom. The van der Waals surface area contributed by atoms with E-state index in [4.69, 9.17) is 5.11 Å². The number of carbonyl (C=O) groups is 1. The third-order valence-corrected chi connectivity index (χ3v) is 3.10. The van der Waals surface area contributed by atoms with Gasteiger partial charge in [0.1, 0.15) is 0 Å². The highest BCUT2D eigenvalue weighted by Gasteiger charge is 2.11. The Morgan fingerprint density at radius 1 is 1.41 bits per heavy atom. The zero-order valence-electron chi connectivity index (χ0n) is 10.7. The molecule has 0 aromatic heterocycles. The van der Waals surface area contributed by atoms with E-state index in [1.54, 1.807) is 0 Å². The number of hydrogen-bond donors (Lipinski definition) is 1. The summed E-state index contributed by atoms with van der Waals surface area (Å²) in [6, 6.07) is -0.738. The van der Waals surface area contributed by atoms with Crippen LogP contribution in [-0.2, 0) is 4.79 Å². The van der Waals surface area contributed by atoms with Crippen LogP contribution >= 0.6 is 0 Å². The molecule has 0 saturated heterocycles. The van der Waals surface area contributed by atoms with Crippen LogP contribution in [0.1, 0.15) is 46.0 Å². The Bertz CT molecular complexity index is 305. The molecule has 0 radical (unpaired) electrons. The molecule has 96 valence electrons. The molecule has 0 bridgehead atoms. The van der Waals surface area contributed by atoms with E-state index in [9.17, 15) is 4.79 Å². The van der Waals surface area contributed by atoms with E-state index in [1.807, 2.05) is 6.92 Å². The minimum absolute atomic E-state index is 0.522. The topological polar surface area (TPSA) is 62.0 Å². The standard InChI is InChI=1S/C13H22N2O2/c1-10(8-12-6-4-3-5-7-12)9-14-15-11(2)13(16)17/h8,11-12H,3-7,9H2,1-2H3,(H,16,17). The average molecular weight is 238 g/mol. The van der Waals surface area contributed by atoms with Crippen molar-refractivity contribution in [1.29, 1.82) is 0 Å². The van der Waals surface area contributed by atoms with Crippen molar-refractivity contribution in [3.8, 4) is 0 Å². The molecule has 0 aromatic carbocycles. The largest absolute Gasteiger partial charge is 0.480 e. The Labute approximate surface area is 103 Å². The van der Waals surface area contributed by atoms with Crippen molar-refractivity contribution in [2.75, 3.05) is 6.54 Å². The van der Waals surface area contributed by atoms with E-state index in [1.165, 1.54) is 44.6 Å². The number of hydrogen-bond acceptors (Lipinski definition) is 3. The molecule has 1 aliphatic carbocycles. The minimum atomic E-state index is -0.928. The van der Waals surface area contributed by atoms with Crippen LogP contribution in [0, 0.1) is 5.92 Å². The summed E-state index contributed by atoms with van der Waals surface area (Å²) in [5.74, 6) is -0.237. The predicted molar refractivity (Wildman–Crippen MR) is 67.2 cm³/mol. The molecule has 17 heavy (non-hydrogen) atoms. The van der Waals surface area contributed by atoms with Gasteiger partial charge in [-0.2, -0.15) is 10.2 Å². The van der Waals surface area contributed by atoms with Gasteiger partial charge in [-0.1, -0.05) is 30.9 Å². The highest BCUT2D eigenvalue weighted by molar-refractivity contribution is 5.72. The van der Waals surface area contributed by atoms with Crippen LogP contribution in [0.15, 0.2) is 21.9 Å². The molecule has 0 amide bonds. The van der Waals surface area contributed by atoms with Gasteiger partial charge in [-0.05, 0) is 32.6 Å². The van der Waals surface area contributed by atoms with E-state index < -0.39 is 12.0 Å². The van der Waals surface area contributed by atoms with Crippen molar-refractivity contribution >= 4 is 5.97 Å². The lowest BCUT2D eigenvalue weighted by molar-refractivity contribution is -0.138. The summed E-state index contributed by atoms with van der Waals surface area (Å²) >= 11 is 0. The van der Waals surface area contributed by atoms with E-state index in [2.05, 4.69) is 16.3 Å². The number of azo groups is 1. The molecule has 1 saturated carbocycles. The van der Waals surface area contributed by atoms with Crippen molar-refractivity contribution in [3.63, 3.8) is 0 Å². The fourth-order valence-corrected chi connectivity index (χ4v) is 2.08. The second-order valence-corrected chi connectivity index (χ2v) is 4.84. The van der Waals surface area contributed by atoms with Crippen LogP contribution in [0.25, 0.3) is 0 Å². The van der Waals surface area contributed by atoms with Gasteiger partial charge < -0.3 is 5.11 Å². The van der Waals surface area contributed by atoms with Gasteiger partial charge in [-0.25, -0.2) is 4.79 Å². The summed E-state index contributed by atoms with van der Waals surface area (Å²) in [7, 11) is 0. The van der Waals surface area contributed by atoms with Crippen LogP contribution in [0.5, 0.6) is 0 Å². The second-order valence-electron chi connectivity index (χ2n) is 4.84. The smallest absolute Gasteiger partial charge is 0.330 e. The number of allylic oxidation sites excluding steroid dienone is 1. The molecule has 0 aromatic rings. The molecular formula is C13H22N2O2. The maximum absolute atomic E-state index is 10.5. The minimum Gasteiger partial charge on any atom is -0.480 e. The SMILES string of the molecule is CC(=CC1CCCCC1)CN=NC(C)C(=O)O. The summed E-state index contributed by atoms with van der Waals surface area (Å²) in [5, 5.41) is 16.3. The highest BCUT2D eigenvalue weighted by Crippen LogP contribution is 2.25. The molecule has 1 fully saturated rings. The molecule has 0 heterocycles. The number of carboxylic acids is 1. The van der Waals surface area contributed by atoms with Crippen molar-refractivity contribution in [2.24, 2.45) is 16.1 Å². The first kappa shape index (κ1) is 13.9. The van der Waals surface area contributed by atoms with Gasteiger partial charge in [0, 0.05) is 0 Å². The maximum Gasteiger partial charge on any atom is 0.330 e. The highest BCUT2D eigenvalue weighted by atomic mass is 16.4. The van der Waals surface area contributed by atoms with Gasteiger partial charge in [-0.3, -0.25) is 0 Å². The lowest BCUT2D eigenvalue weighted by atomic mass is 9.88. The maximum atomic E-state index is 10.5. The number of rotatable bonds is 5. The van der Waals surface area contributed by atoms with E-state index in [-0.39, 0.29) is 0 Å². The van der Waals surface area contributed by atoms with E-state index >= 15 is 0 Å². The Hall–Kier alpha value is -1.19. The summed E-state index contributed by atoms with van der Waals surface area (Å²) in [5.41, 5.74) is 1.19. The van der Waals surface area contributed by atoms with Gasteiger partial charge in [0.25, 0.3) is 0 Å². The first-order valence-corrected chi connectivity index (χ1v) is 6.36. The van der Waals surface area contributed by atoms with Crippen LogP contribution < -0.4 is 0 Å². The van der Waals surface area contributed by atoms with Gasteiger partial charge in [0.2, 0.25) is 0 Å². The van der Waals surface area contributed by atoms with Crippen LogP contribution in [0.4, 0.5) is 0 Å². The summed E-state index contributed by atoms with van der Waals surface area (Å²) in [6.07, 6.45) is 8.85. The van der Waals surface area contributed by atoms with E-state index in [0.717, 1.165) is 0 Å². The summed E-state index contributed by atoms with van der Waals surface area (Å²) in [4.78, 5) is 10.5. The Kier molecular flexibility index (Phi) is 5.87. The molecule has 1 aliphatic rings. The quantitative estimate of drug-likeness (QED) is 0.589. The van der Waals surface area contributed by atoms with Crippen molar-refractivity contribution in [1.82, 2.24) is 0 Å². The number of carboxylic acid groups (broad SMARTS) is 1. The van der Waals surface area contributed by atoms with Crippen molar-refractivity contribution in [3.05, 3.63) is 11.6 Å². The first-order valence-electron chi connectivity index (χ1n) is 6.36. The van der Waals surface area contributed by atoms with Gasteiger partial charge in [0.05, 0.1) is 6.54 Å². The fourth-order valence-electron chi connectivity index (χ4n) is 2.08. The Balaban J connectivity index is 2.34. The van der Waals surface area contributed by atoms with Crippen molar-refractivity contribution < 1.29 is 9.90 Å². The molecule has 1 rings (SSSR count). The zero-order valence-corrected chi connectivity index (χ0v) is 10.7. The molecule has 0 aliphatic heterocycles. The average Bonchev–Trinajstić information content (AvgIpc) is 2.30. The molecule has 0 spiro atoms. The normalized spacial score (nSPS) is 20.7. The zero-order chi connectivity index (χ0) is 12.7. The summed E-state index contributed by atoms with van der Waals surface area (Å²) < 4.78 is 0. The molecule has 4 nitrogen and oxygen atoms in total. The Morgan fingerprint density at radius 2 is 2.06 bits per heavy atom. The van der Waals surface area contributed by atoms with Crippen LogP contribution in [0.3, 0.4) is 0 Å². The first-order chi connectivity index (χ1) is 8.09. The second kappa shape index (κ2) is 7.20. The van der Waals surface area contributed by atoms with Gasteiger partial charge >= 0.3 is 5.97 Å². The predicted octanol–water partition coefficient (Wildman–Crippen LogP) is 3.44. The van der Waals surface area contributed by atoms with Gasteiger partial charge in [-0.15, -0.1) is 0 Å². The van der Waals surface area contributed by atoms with Crippen LogP contribution in [-0.4, -0.2) is 23.7 Å². The number of aliphatic carboxylic acids is 1. The van der Waals surface area contributed by atoms with Gasteiger partial charge in [0.15, 0.2) is 6.04 Å². The lowest BCUT2D eigenvalue weighted by Gasteiger charge is -2.18. The monoisotopic (exact) mass is 238 g/mol. The van der Waals surface area contributed by atoms with Crippen molar-refractivity contribution in [2.45, 2.75) is 52.0 Å². The third kappa shape index (κ3) is 5.61. The molecular weight excluding hydrogens is 216 g/mol. The third-order valence-electron chi connectivity index (χ3n) is 3.10. The fraction of sp³-hybridized carbons (Fsp3) is 0.769. The van der Waals surface area contributed by atoms with Crippen LogP contribution in [0.2, 0.25) is 0 Å². The number of nitrogens with zero attached hydrogens (tertiary/aromatic N) is 2.